The molecule has 1 aliphatic heterocycles. The molecule has 1 saturated heterocycles. The molecule has 1 heterocycles. The maximum absolute atomic E-state index is 12.9. The molecule has 0 aromatic heterocycles. The van der Waals surface area contributed by atoms with Crippen LogP contribution in [0.2, 0.25) is 0 Å². The molecule has 1 aliphatic rings. The number of hydrogen-bond donors (Lipinski definition) is 3. The maximum Gasteiger partial charge on any atom is 0.279 e. The van der Waals surface area contributed by atoms with Crippen LogP contribution in [-0.2, 0) is 15.6 Å². The monoisotopic (exact) mass is 446 g/mol. The fourth-order valence-corrected chi connectivity index (χ4v) is 5.19. The third kappa shape index (κ3) is 5.43. The van der Waals surface area contributed by atoms with E-state index in [0.717, 1.165) is 5.56 Å². The summed E-state index contributed by atoms with van der Waals surface area (Å²) in [6.07, 6.45) is 1.18. The number of nitrogens with zero attached hydrogens (tertiary/aromatic N) is 1. The molecule has 0 spiro atoms. The zero-order valence-corrected chi connectivity index (χ0v) is 18.5. The van der Waals surface area contributed by atoms with E-state index >= 15 is 0 Å². The Hall–Kier alpha value is -2.46. The van der Waals surface area contributed by atoms with Gasteiger partial charge in [-0.2, -0.15) is 12.7 Å². The Balaban J connectivity index is 1.77. The molecule has 168 valence electrons. The normalized spacial score (nSPS) is 16.6. The Kier molecular flexibility index (Phi) is 7.66. The number of rotatable bonds is 9. The quantitative estimate of drug-likeness (QED) is 0.537. The number of nitrogens with two attached hydrogens (primary N) is 1. The summed E-state index contributed by atoms with van der Waals surface area (Å²) in [6.45, 7) is 1.57. The SMILES string of the molecule is COc1ccccc1C(=O)NCC1(c2ccccc2)CCN(S(=O)(=O)NCCN)CC1. The van der Waals surface area contributed by atoms with Crippen molar-refractivity contribution in [1.82, 2.24) is 14.3 Å². The number of amides is 1. The van der Waals surface area contributed by atoms with Crippen molar-refractivity contribution in [3.63, 3.8) is 0 Å². The Morgan fingerprint density at radius 2 is 1.74 bits per heavy atom. The highest BCUT2D eigenvalue weighted by molar-refractivity contribution is 7.87. The lowest BCUT2D eigenvalue weighted by atomic mass is 9.73. The zero-order chi connectivity index (χ0) is 22.3. The van der Waals surface area contributed by atoms with Crippen LogP contribution in [0.15, 0.2) is 54.6 Å². The van der Waals surface area contributed by atoms with Gasteiger partial charge in [-0.3, -0.25) is 4.79 Å². The second-order valence-electron chi connectivity index (χ2n) is 7.62. The van der Waals surface area contributed by atoms with Gasteiger partial charge in [0.15, 0.2) is 0 Å². The molecule has 8 nitrogen and oxygen atoms in total. The van der Waals surface area contributed by atoms with Crippen LogP contribution < -0.4 is 20.5 Å². The predicted octanol–water partition coefficient (Wildman–Crippen LogP) is 1.25. The lowest BCUT2D eigenvalue weighted by Crippen LogP contribution is -2.52. The Labute approximate surface area is 184 Å². The molecule has 31 heavy (non-hydrogen) atoms. The molecule has 1 amide bonds. The smallest absolute Gasteiger partial charge is 0.279 e. The van der Waals surface area contributed by atoms with Crippen molar-refractivity contribution in [3.8, 4) is 5.75 Å². The summed E-state index contributed by atoms with van der Waals surface area (Å²) in [5.74, 6) is 0.299. The first-order valence-corrected chi connectivity index (χ1v) is 11.8. The molecule has 4 N–H and O–H groups in total. The molecule has 2 aromatic carbocycles. The van der Waals surface area contributed by atoms with Gasteiger partial charge in [-0.05, 0) is 30.5 Å². The molecule has 2 aromatic rings. The van der Waals surface area contributed by atoms with E-state index in [1.165, 1.54) is 11.4 Å². The van der Waals surface area contributed by atoms with Crippen LogP contribution in [0.1, 0.15) is 28.8 Å². The summed E-state index contributed by atoms with van der Waals surface area (Å²) in [7, 11) is -2.03. The van der Waals surface area contributed by atoms with Gasteiger partial charge < -0.3 is 15.8 Å². The standard InChI is InChI=1S/C22H30N4O4S/c1-30-20-10-6-5-9-19(20)21(27)24-17-22(18-7-3-2-4-8-18)11-15-26(16-12-22)31(28,29)25-14-13-23/h2-10,25H,11-17,23H2,1H3,(H,24,27). The van der Waals surface area contributed by atoms with Gasteiger partial charge in [0.25, 0.3) is 16.1 Å². The molecule has 0 aliphatic carbocycles. The second-order valence-corrected chi connectivity index (χ2v) is 9.37. The fraction of sp³-hybridized carbons (Fsp3) is 0.409. The minimum absolute atomic E-state index is 0.206. The highest BCUT2D eigenvalue weighted by Crippen LogP contribution is 2.36. The third-order valence-electron chi connectivity index (χ3n) is 5.77. The van der Waals surface area contributed by atoms with Gasteiger partial charge in [-0.15, -0.1) is 0 Å². The van der Waals surface area contributed by atoms with Gasteiger partial charge in [0.05, 0.1) is 12.7 Å². The number of carbonyl (C=O) groups excluding carboxylic acids is 1. The average molecular weight is 447 g/mol. The van der Waals surface area contributed by atoms with E-state index in [0.29, 0.717) is 43.8 Å². The van der Waals surface area contributed by atoms with Crippen LogP contribution in [-0.4, -0.2) is 58.5 Å². The molecule has 0 radical (unpaired) electrons. The first-order valence-electron chi connectivity index (χ1n) is 10.3. The fourth-order valence-electron chi connectivity index (χ4n) is 3.97. The summed E-state index contributed by atoms with van der Waals surface area (Å²) in [4.78, 5) is 12.9. The number of para-hydroxylation sites is 1. The van der Waals surface area contributed by atoms with Gasteiger partial charge in [-0.1, -0.05) is 42.5 Å². The second kappa shape index (κ2) is 10.2. The molecule has 0 bridgehead atoms. The van der Waals surface area contributed by atoms with Crippen LogP contribution in [0.4, 0.5) is 0 Å². The molecular formula is C22H30N4O4S. The minimum atomic E-state index is -3.56. The lowest BCUT2D eigenvalue weighted by molar-refractivity contribution is 0.0930. The van der Waals surface area contributed by atoms with Crippen molar-refractivity contribution in [2.75, 3.05) is 39.8 Å². The van der Waals surface area contributed by atoms with Crippen LogP contribution in [0.25, 0.3) is 0 Å². The van der Waals surface area contributed by atoms with Crippen LogP contribution >= 0.6 is 0 Å². The van der Waals surface area contributed by atoms with Crippen LogP contribution in [0.3, 0.4) is 0 Å². The van der Waals surface area contributed by atoms with Gasteiger partial charge in [0, 0.05) is 38.1 Å². The summed E-state index contributed by atoms with van der Waals surface area (Å²) in [5.41, 5.74) is 6.62. The molecule has 3 rings (SSSR count). The molecule has 0 atom stereocenters. The van der Waals surface area contributed by atoms with Crippen LogP contribution in [0.5, 0.6) is 5.75 Å². The number of piperidine rings is 1. The van der Waals surface area contributed by atoms with Gasteiger partial charge in [0.2, 0.25) is 0 Å². The van der Waals surface area contributed by atoms with Gasteiger partial charge in [0.1, 0.15) is 5.75 Å². The van der Waals surface area contributed by atoms with E-state index in [9.17, 15) is 13.2 Å². The van der Waals surface area contributed by atoms with Crippen molar-refractivity contribution in [2.45, 2.75) is 18.3 Å². The summed E-state index contributed by atoms with van der Waals surface area (Å²) < 4.78 is 34.3. The Morgan fingerprint density at radius 3 is 2.39 bits per heavy atom. The third-order valence-corrected chi connectivity index (χ3v) is 7.39. The average Bonchev–Trinajstić information content (AvgIpc) is 2.82. The first kappa shape index (κ1) is 23.2. The minimum Gasteiger partial charge on any atom is -0.496 e. The van der Waals surface area contributed by atoms with Crippen molar-refractivity contribution >= 4 is 16.1 Å². The number of ether oxygens (including phenoxy) is 1. The number of carbonyl (C=O) groups is 1. The highest BCUT2D eigenvalue weighted by Gasteiger charge is 2.39. The molecule has 9 heteroatoms. The summed E-state index contributed by atoms with van der Waals surface area (Å²) in [6, 6.07) is 17.0. The van der Waals surface area contributed by atoms with Gasteiger partial charge >= 0.3 is 0 Å². The van der Waals surface area contributed by atoms with E-state index in [4.69, 9.17) is 10.5 Å². The number of nitrogens with one attached hydrogen (secondary N) is 2. The maximum atomic E-state index is 12.9. The van der Waals surface area contributed by atoms with E-state index in [1.807, 2.05) is 36.4 Å². The number of hydrogen-bond acceptors (Lipinski definition) is 5. The topological polar surface area (TPSA) is 114 Å². The van der Waals surface area contributed by atoms with E-state index in [-0.39, 0.29) is 24.4 Å². The van der Waals surface area contributed by atoms with Crippen LogP contribution in [0, 0.1) is 0 Å². The van der Waals surface area contributed by atoms with Gasteiger partial charge in [-0.25, -0.2) is 4.72 Å². The molecule has 0 saturated carbocycles. The molecule has 1 fully saturated rings. The van der Waals surface area contributed by atoms with Crippen molar-refractivity contribution in [1.29, 1.82) is 0 Å². The van der Waals surface area contributed by atoms with Crippen molar-refractivity contribution in [2.24, 2.45) is 5.73 Å². The number of benzene rings is 2. The zero-order valence-electron chi connectivity index (χ0n) is 17.7. The van der Waals surface area contributed by atoms with Crippen molar-refractivity contribution < 1.29 is 17.9 Å². The van der Waals surface area contributed by atoms with E-state index in [1.54, 1.807) is 18.2 Å². The molecule has 0 unspecified atom stereocenters. The van der Waals surface area contributed by atoms with E-state index in [2.05, 4.69) is 10.0 Å². The lowest BCUT2D eigenvalue weighted by Gasteiger charge is -2.41. The summed E-state index contributed by atoms with van der Waals surface area (Å²) in [5, 5.41) is 3.05. The van der Waals surface area contributed by atoms with E-state index < -0.39 is 10.2 Å². The highest BCUT2D eigenvalue weighted by atomic mass is 32.2. The first-order chi connectivity index (χ1) is 14.9. The summed E-state index contributed by atoms with van der Waals surface area (Å²) >= 11 is 0. The number of methoxy groups -OCH3 is 1. The predicted molar refractivity (Wildman–Crippen MR) is 120 cm³/mol. The van der Waals surface area contributed by atoms with Crippen molar-refractivity contribution in [3.05, 3.63) is 65.7 Å². The molecular weight excluding hydrogens is 416 g/mol. The Bertz CT molecular complexity index is 974. The largest absolute Gasteiger partial charge is 0.496 e. The Morgan fingerprint density at radius 1 is 1.10 bits per heavy atom.